The van der Waals surface area contributed by atoms with Gasteiger partial charge in [0, 0.05) is 5.56 Å². The number of ether oxygens (including phenoxy) is 1. The van der Waals surface area contributed by atoms with Gasteiger partial charge >= 0.3 is 0 Å². The van der Waals surface area contributed by atoms with E-state index in [-0.39, 0.29) is 11.9 Å². The number of hydrogen-bond acceptors (Lipinski definition) is 3. The Labute approximate surface area is 125 Å². The van der Waals surface area contributed by atoms with Gasteiger partial charge in [0.05, 0.1) is 22.6 Å². The Hall–Kier alpha value is -1.14. The fraction of sp³-hybridized carbons (Fsp3) is 0.385. The van der Waals surface area contributed by atoms with Crippen molar-refractivity contribution in [3.05, 3.63) is 28.2 Å². The molecular formula is C13H15BrN2O2S. The van der Waals surface area contributed by atoms with Gasteiger partial charge in [-0.15, -0.1) is 0 Å². The number of carbonyl (C=O) groups is 1. The fourth-order valence-electron chi connectivity index (χ4n) is 1.88. The molecule has 3 N–H and O–H groups in total. The highest BCUT2D eigenvalue weighted by atomic mass is 79.9. The van der Waals surface area contributed by atoms with Crippen molar-refractivity contribution >= 4 is 39.0 Å². The van der Waals surface area contributed by atoms with Crippen LogP contribution >= 0.6 is 28.1 Å². The molecule has 1 aromatic rings. The monoisotopic (exact) mass is 342 g/mol. The standard InChI is InChI=1S/C13H15BrN2O2S/c1-18-10-5-4-8(6-9(10)14)13(17)16-11(12(15)19)7-2-3-7/h4-7,11H,2-3H2,1H3,(H2,15,19)(H,16,17). The average Bonchev–Trinajstić information content (AvgIpc) is 3.19. The van der Waals surface area contributed by atoms with E-state index in [1.54, 1.807) is 25.3 Å². The van der Waals surface area contributed by atoms with E-state index in [0.717, 1.165) is 17.3 Å². The van der Waals surface area contributed by atoms with Crippen LogP contribution in [0.1, 0.15) is 23.2 Å². The molecule has 1 fully saturated rings. The quantitative estimate of drug-likeness (QED) is 0.805. The van der Waals surface area contributed by atoms with Crippen LogP contribution in [0.25, 0.3) is 0 Å². The van der Waals surface area contributed by atoms with Crippen LogP contribution in [0.15, 0.2) is 22.7 Å². The normalized spacial score (nSPS) is 15.7. The zero-order valence-corrected chi connectivity index (χ0v) is 12.9. The molecule has 0 spiro atoms. The van der Waals surface area contributed by atoms with Gasteiger partial charge in [-0.2, -0.15) is 0 Å². The number of rotatable bonds is 5. The third-order valence-electron chi connectivity index (χ3n) is 3.10. The molecule has 0 saturated heterocycles. The molecule has 1 unspecified atom stereocenters. The van der Waals surface area contributed by atoms with Crippen molar-refractivity contribution in [1.29, 1.82) is 0 Å². The molecule has 1 aromatic carbocycles. The lowest BCUT2D eigenvalue weighted by Gasteiger charge is -2.17. The second-order valence-electron chi connectivity index (χ2n) is 4.54. The summed E-state index contributed by atoms with van der Waals surface area (Å²) in [5, 5.41) is 2.89. The van der Waals surface area contributed by atoms with Crippen LogP contribution in [0.5, 0.6) is 5.75 Å². The first-order chi connectivity index (χ1) is 9.02. The predicted octanol–water partition coefficient (Wildman–Crippen LogP) is 2.25. The summed E-state index contributed by atoms with van der Waals surface area (Å²) in [5.41, 5.74) is 6.22. The maximum absolute atomic E-state index is 12.2. The summed E-state index contributed by atoms with van der Waals surface area (Å²) in [5.74, 6) is 0.904. The number of hydrogen-bond donors (Lipinski definition) is 2. The molecule has 19 heavy (non-hydrogen) atoms. The average molecular weight is 343 g/mol. The second-order valence-corrected chi connectivity index (χ2v) is 5.87. The molecule has 1 amide bonds. The van der Waals surface area contributed by atoms with E-state index in [9.17, 15) is 4.79 Å². The van der Waals surface area contributed by atoms with Crippen LogP contribution in [0, 0.1) is 5.92 Å². The lowest BCUT2D eigenvalue weighted by atomic mass is 10.1. The number of amides is 1. The summed E-state index contributed by atoms with van der Waals surface area (Å²) in [7, 11) is 1.58. The van der Waals surface area contributed by atoms with Crippen LogP contribution in [0.4, 0.5) is 0 Å². The Morgan fingerprint density at radius 1 is 1.58 bits per heavy atom. The first-order valence-corrected chi connectivity index (χ1v) is 7.16. The van der Waals surface area contributed by atoms with Crippen LogP contribution < -0.4 is 15.8 Å². The number of thiocarbonyl (C=S) groups is 1. The Bertz CT molecular complexity index is 517. The van der Waals surface area contributed by atoms with Crippen molar-refractivity contribution in [3.63, 3.8) is 0 Å². The molecule has 1 aliphatic carbocycles. The van der Waals surface area contributed by atoms with E-state index in [0.29, 0.717) is 22.2 Å². The lowest BCUT2D eigenvalue weighted by molar-refractivity contribution is 0.0943. The lowest BCUT2D eigenvalue weighted by Crippen LogP contribution is -2.45. The Balaban J connectivity index is 2.10. The van der Waals surface area contributed by atoms with Crippen LogP contribution in [-0.2, 0) is 0 Å². The van der Waals surface area contributed by atoms with Gasteiger partial charge in [-0.3, -0.25) is 4.79 Å². The molecule has 1 atom stereocenters. The highest BCUT2D eigenvalue weighted by Gasteiger charge is 2.34. The highest BCUT2D eigenvalue weighted by Crippen LogP contribution is 2.33. The van der Waals surface area contributed by atoms with E-state index < -0.39 is 0 Å². The Kier molecular flexibility index (Phi) is 4.42. The van der Waals surface area contributed by atoms with E-state index in [2.05, 4.69) is 21.2 Å². The third-order valence-corrected chi connectivity index (χ3v) is 3.97. The SMILES string of the molecule is COc1ccc(C(=O)NC(C(N)=S)C2CC2)cc1Br. The van der Waals surface area contributed by atoms with Gasteiger partial charge in [-0.25, -0.2) is 0 Å². The molecule has 2 rings (SSSR count). The number of carbonyl (C=O) groups excluding carboxylic acids is 1. The smallest absolute Gasteiger partial charge is 0.251 e. The van der Waals surface area contributed by atoms with Gasteiger partial charge in [0.2, 0.25) is 0 Å². The summed E-state index contributed by atoms with van der Waals surface area (Å²) >= 11 is 8.36. The van der Waals surface area contributed by atoms with Crippen molar-refractivity contribution in [2.24, 2.45) is 11.7 Å². The van der Waals surface area contributed by atoms with E-state index in [4.69, 9.17) is 22.7 Å². The molecule has 102 valence electrons. The number of methoxy groups -OCH3 is 1. The molecule has 0 heterocycles. The van der Waals surface area contributed by atoms with Crippen molar-refractivity contribution in [2.75, 3.05) is 7.11 Å². The van der Waals surface area contributed by atoms with Gasteiger partial charge in [0.25, 0.3) is 5.91 Å². The number of benzene rings is 1. The third kappa shape index (κ3) is 3.45. The summed E-state index contributed by atoms with van der Waals surface area (Å²) in [6.07, 6.45) is 2.13. The second kappa shape index (κ2) is 5.88. The predicted molar refractivity (Wildman–Crippen MR) is 81.5 cm³/mol. The van der Waals surface area contributed by atoms with Gasteiger partial charge in [-0.05, 0) is 52.9 Å². The molecule has 0 radical (unpaired) electrons. The van der Waals surface area contributed by atoms with Crippen molar-refractivity contribution < 1.29 is 9.53 Å². The van der Waals surface area contributed by atoms with Crippen LogP contribution in [-0.4, -0.2) is 24.0 Å². The van der Waals surface area contributed by atoms with Gasteiger partial charge in [-0.1, -0.05) is 12.2 Å². The summed E-state index contributed by atoms with van der Waals surface area (Å²) in [6, 6.07) is 4.97. The fourth-order valence-corrected chi connectivity index (χ4v) is 2.68. The van der Waals surface area contributed by atoms with Crippen molar-refractivity contribution in [2.45, 2.75) is 18.9 Å². The highest BCUT2D eigenvalue weighted by molar-refractivity contribution is 9.10. The number of nitrogens with one attached hydrogen (secondary N) is 1. The van der Waals surface area contributed by atoms with Crippen LogP contribution in [0.3, 0.4) is 0 Å². The molecule has 0 aromatic heterocycles. The van der Waals surface area contributed by atoms with Crippen LogP contribution in [0.2, 0.25) is 0 Å². The van der Waals surface area contributed by atoms with Crippen molar-refractivity contribution in [3.8, 4) is 5.75 Å². The summed E-state index contributed by atoms with van der Waals surface area (Å²) < 4.78 is 5.86. The first-order valence-electron chi connectivity index (χ1n) is 5.96. The minimum absolute atomic E-state index is 0.173. The minimum atomic E-state index is -0.205. The zero-order chi connectivity index (χ0) is 14.0. The molecular weight excluding hydrogens is 328 g/mol. The van der Waals surface area contributed by atoms with Gasteiger partial charge < -0.3 is 15.8 Å². The van der Waals surface area contributed by atoms with E-state index in [1.165, 1.54) is 0 Å². The molecule has 4 nitrogen and oxygen atoms in total. The zero-order valence-electron chi connectivity index (χ0n) is 10.5. The topological polar surface area (TPSA) is 64.3 Å². The number of halogens is 1. The Morgan fingerprint density at radius 3 is 2.74 bits per heavy atom. The maximum Gasteiger partial charge on any atom is 0.251 e. The van der Waals surface area contributed by atoms with E-state index in [1.807, 2.05) is 0 Å². The summed E-state index contributed by atoms with van der Waals surface area (Å²) in [4.78, 5) is 12.5. The van der Waals surface area contributed by atoms with Crippen molar-refractivity contribution in [1.82, 2.24) is 5.32 Å². The minimum Gasteiger partial charge on any atom is -0.496 e. The number of nitrogens with two attached hydrogens (primary N) is 1. The first kappa shape index (κ1) is 14.3. The van der Waals surface area contributed by atoms with E-state index >= 15 is 0 Å². The molecule has 6 heteroatoms. The largest absolute Gasteiger partial charge is 0.496 e. The molecule has 0 aliphatic heterocycles. The summed E-state index contributed by atoms with van der Waals surface area (Å²) in [6.45, 7) is 0. The molecule has 1 saturated carbocycles. The molecule has 0 bridgehead atoms. The Morgan fingerprint density at radius 2 is 2.26 bits per heavy atom. The maximum atomic E-state index is 12.2. The van der Waals surface area contributed by atoms with Gasteiger partial charge in [0.15, 0.2) is 0 Å². The van der Waals surface area contributed by atoms with Gasteiger partial charge in [0.1, 0.15) is 5.75 Å². The molecule has 1 aliphatic rings.